The summed E-state index contributed by atoms with van der Waals surface area (Å²) < 4.78 is 0. The summed E-state index contributed by atoms with van der Waals surface area (Å²) in [4.78, 5) is 23.4. The van der Waals surface area contributed by atoms with Crippen molar-refractivity contribution in [2.75, 3.05) is 57.3 Å². The van der Waals surface area contributed by atoms with Crippen molar-refractivity contribution >= 4 is 41.5 Å². The van der Waals surface area contributed by atoms with Gasteiger partial charge < -0.3 is 25.1 Å². The molecule has 3 rings (SSSR count). The third-order valence-electron chi connectivity index (χ3n) is 5.66. The van der Waals surface area contributed by atoms with Crippen molar-refractivity contribution in [2.24, 2.45) is 4.99 Å². The largest absolute Gasteiger partial charge is 0.506 e. The number of benzene rings is 1. The van der Waals surface area contributed by atoms with E-state index in [-0.39, 0.29) is 24.0 Å². The first-order chi connectivity index (χ1) is 14.2. The molecule has 0 bridgehead atoms. The summed E-state index contributed by atoms with van der Waals surface area (Å²) in [7, 11) is 0. The van der Waals surface area contributed by atoms with Crippen LogP contribution in [0.4, 0.5) is 5.69 Å². The van der Waals surface area contributed by atoms with E-state index in [1.54, 1.807) is 6.07 Å². The van der Waals surface area contributed by atoms with Crippen molar-refractivity contribution in [1.29, 1.82) is 0 Å². The molecule has 0 aromatic heterocycles. The van der Waals surface area contributed by atoms with E-state index in [1.807, 2.05) is 23.1 Å². The first-order valence-corrected chi connectivity index (χ1v) is 11.0. The molecule has 8 heteroatoms. The highest BCUT2D eigenvalue weighted by Crippen LogP contribution is 2.27. The summed E-state index contributed by atoms with van der Waals surface area (Å²) in [6.07, 6.45) is 4.92. The van der Waals surface area contributed by atoms with Gasteiger partial charge in [0, 0.05) is 58.8 Å². The maximum absolute atomic E-state index is 12.1. The smallest absolute Gasteiger partial charge is 0.222 e. The van der Waals surface area contributed by atoms with Crippen LogP contribution >= 0.6 is 24.0 Å². The number of hydrogen-bond acceptors (Lipinski definition) is 4. The molecule has 30 heavy (non-hydrogen) atoms. The van der Waals surface area contributed by atoms with Crippen LogP contribution in [0.15, 0.2) is 29.3 Å². The summed E-state index contributed by atoms with van der Waals surface area (Å²) in [5, 5.41) is 13.5. The maximum atomic E-state index is 12.1. The number of phenols is 1. The summed E-state index contributed by atoms with van der Waals surface area (Å²) in [5.74, 6) is 1.59. The van der Waals surface area contributed by atoms with Gasteiger partial charge in [-0.25, -0.2) is 0 Å². The van der Waals surface area contributed by atoms with E-state index in [4.69, 9.17) is 4.99 Å². The Morgan fingerprint density at radius 3 is 2.60 bits per heavy atom. The molecule has 168 valence electrons. The van der Waals surface area contributed by atoms with Crippen molar-refractivity contribution in [3.8, 4) is 5.75 Å². The molecule has 2 N–H and O–H groups in total. The summed E-state index contributed by atoms with van der Waals surface area (Å²) >= 11 is 0. The number of carbonyl (C=O) groups is 1. The number of likely N-dealkylation sites (tertiary alicyclic amines) is 1. The molecule has 2 aliphatic rings. The molecule has 0 radical (unpaired) electrons. The topological polar surface area (TPSA) is 71.4 Å². The van der Waals surface area contributed by atoms with E-state index >= 15 is 0 Å². The predicted octanol–water partition coefficient (Wildman–Crippen LogP) is 2.89. The Bertz CT molecular complexity index is 692. The zero-order valence-corrected chi connectivity index (χ0v) is 20.4. The SMILES string of the molecule is CCNC(=NCCCN1CCCCCC1=O)N1CCN(c2ccccc2O)CC1.I. The average Bonchev–Trinajstić information content (AvgIpc) is 2.95. The van der Waals surface area contributed by atoms with Crippen molar-refractivity contribution in [1.82, 2.24) is 15.1 Å². The third kappa shape index (κ3) is 6.92. The van der Waals surface area contributed by atoms with Crippen molar-refractivity contribution in [3.05, 3.63) is 24.3 Å². The Morgan fingerprint density at radius 1 is 1.10 bits per heavy atom. The number of halogens is 1. The molecule has 2 aliphatic heterocycles. The van der Waals surface area contributed by atoms with Gasteiger partial charge in [-0.2, -0.15) is 0 Å². The number of nitrogens with one attached hydrogen (secondary N) is 1. The van der Waals surface area contributed by atoms with E-state index in [0.717, 1.165) is 89.7 Å². The summed E-state index contributed by atoms with van der Waals surface area (Å²) in [6.45, 7) is 8.79. The van der Waals surface area contributed by atoms with Gasteiger partial charge in [0.25, 0.3) is 0 Å². The van der Waals surface area contributed by atoms with Gasteiger partial charge in [0.15, 0.2) is 5.96 Å². The molecule has 1 aromatic rings. The molecule has 1 amide bonds. The van der Waals surface area contributed by atoms with Gasteiger partial charge in [0.1, 0.15) is 5.75 Å². The highest BCUT2D eigenvalue weighted by Gasteiger charge is 2.21. The second-order valence-electron chi connectivity index (χ2n) is 7.74. The number of para-hydroxylation sites is 2. The Labute approximate surface area is 197 Å². The number of aliphatic imine (C=N–C) groups is 1. The second kappa shape index (κ2) is 12.9. The summed E-state index contributed by atoms with van der Waals surface area (Å²) in [6, 6.07) is 7.52. The van der Waals surface area contributed by atoms with E-state index < -0.39 is 0 Å². The molecule has 2 fully saturated rings. The molecule has 2 saturated heterocycles. The second-order valence-corrected chi connectivity index (χ2v) is 7.74. The maximum Gasteiger partial charge on any atom is 0.222 e. The van der Waals surface area contributed by atoms with Crippen LogP contribution in [0, 0.1) is 0 Å². The molecular weight excluding hydrogens is 493 g/mol. The fourth-order valence-electron chi connectivity index (χ4n) is 4.04. The standard InChI is InChI=1S/C22H35N5O2.HI/c1-2-23-22(24-12-8-14-26-13-7-3-4-11-21(26)29)27-17-15-25(16-18-27)19-9-5-6-10-20(19)28;/h5-6,9-10,28H,2-4,7-8,11-18H2,1H3,(H,23,24);1H. The Balaban J connectivity index is 0.00000320. The van der Waals surface area contributed by atoms with Crippen molar-refractivity contribution < 1.29 is 9.90 Å². The predicted molar refractivity (Wildman–Crippen MR) is 133 cm³/mol. The van der Waals surface area contributed by atoms with Gasteiger partial charge in [-0.3, -0.25) is 9.79 Å². The Morgan fingerprint density at radius 2 is 1.87 bits per heavy atom. The van der Waals surface area contributed by atoms with Crippen LogP contribution in [0.3, 0.4) is 0 Å². The minimum atomic E-state index is 0. The monoisotopic (exact) mass is 529 g/mol. The minimum Gasteiger partial charge on any atom is -0.506 e. The molecule has 1 aromatic carbocycles. The summed E-state index contributed by atoms with van der Waals surface area (Å²) in [5.41, 5.74) is 0.899. The normalized spacial score (nSPS) is 18.1. The fourth-order valence-corrected chi connectivity index (χ4v) is 4.04. The number of phenolic OH excluding ortho intramolecular Hbond substituents is 1. The van der Waals surface area contributed by atoms with Gasteiger partial charge in [0.2, 0.25) is 5.91 Å². The number of carbonyl (C=O) groups excluding carboxylic acids is 1. The zero-order valence-electron chi connectivity index (χ0n) is 18.1. The van der Waals surface area contributed by atoms with Crippen LogP contribution in [0.25, 0.3) is 0 Å². The molecule has 2 heterocycles. The number of anilines is 1. The molecule has 0 unspecified atom stereocenters. The highest BCUT2D eigenvalue weighted by molar-refractivity contribution is 14.0. The van der Waals surface area contributed by atoms with E-state index in [0.29, 0.717) is 18.1 Å². The number of nitrogens with zero attached hydrogens (tertiary/aromatic N) is 4. The minimum absolute atomic E-state index is 0. The van der Waals surface area contributed by atoms with Gasteiger partial charge >= 0.3 is 0 Å². The van der Waals surface area contributed by atoms with Gasteiger partial charge in [-0.15, -0.1) is 24.0 Å². The van der Waals surface area contributed by atoms with Gasteiger partial charge in [-0.05, 0) is 38.3 Å². The molecule has 0 aliphatic carbocycles. The van der Waals surface area contributed by atoms with Gasteiger partial charge in [0.05, 0.1) is 5.69 Å². The fraction of sp³-hybridized carbons (Fsp3) is 0.636. The lowest BCUT2D eigenvalue weighted by atomic mass is 10.2. The van der Waals surface area contributed by atoms with Crippen LogP contribution in [0.1, 0.15) is 39.0 Å². The number of piperazine rings is 1. The molecular formula is C22H36IN5O2. The van der Waals surface area contributed by atoms with Crippen LogP contribution in [0.2, 0.25) is 0 Å². The van der Waals surface area contributed by atoms with Crippen LogP contribution < -0.4 is 10.2 Å². The van der Waals surface area contributed by atoms with Crippen LogP contribution in [0.5, 0.6) is 5.75 Å². The van der Waals surface area contributed by atoms with Crippen LogP contribution in [-0.4, -0.2) is 79.1 Å². The van der Waals surface area contributed by atoms with Crippen molar-refractivity contribution in [2.45, 2.75) is 39.0 Å². The quantitative estimate of drug-likeness (QED) is 0.257. The van der Waals surface area contributed by atoms with E-state index in [1.165, 1.54) is 0 Å². The number of rotatable bonds is 6. The highest BCUT2D eigenvalue weighted by atomic mass is 127. The molecule has 0 saturated carbocycles. The Kier molecular flexibility index (Phi) is 10.5. The lowest BCUT2D eigenvalue weighted by molar-refractivity contribution is -0.130. The lowest BCUT2D eigenvalue weighted by Gasteiger charge is -2.37. The zero-order chi connectivity index (χ0) is 20.5. The van der Waals surface area contributed by atoms with E-state index in [9.17, 15) is 9.90 Å². The Hall–Kier alpha value is -1.71. The first-order valence-electron chi connectivity index (χ1n) is 11.0. The lowest BCUT2D eigenvalue weighted by Crippen LogP contribution is -2.52. The van der Waals surface area contributed by atoms with Gasteiger partial charge in [-0.1, -0.05) is 18.6 Å². The first kappa shape index (κ1) is 24.6. The third-order valence-corrected chi connectivity index (χ3v) is 5.66. The van der Waals surface area contributed by atoms with E-state index in [2.05, 4.69) is 22.0 Å². The molecule has 0 spiro atoms. The van der Waals surface area contributed by atoms with Crippen LogP contribution in [-0.2, 0) is 4.79 Å². The number of guanidine groups is 1. The van der Waals surface area contributed by atoms with Crippen molar-refractivity contribution in [3.63, 3.8) is 0 Å². The molecule has 7 nitrogen and oxygen atoms in total. The average molecular weight is 529 g/mol. The number of aromatic hydroxyl groups is 1. The molecule has 0 atom stereocenters. The number of hydrogen-bond donors (Lipinski definition) is 2. The number of amides is 1.